The van der Waals surface area contributed by atoms with Gasteiger partial charge in [-0.1, -0.05) is 42.4 Å². The zero-order chi connectivity index (χ0) is 14.4. The molecule has 0 bridgehead atoms. The van der Waals surface area contributed by atoms with E-state index < -0.39 is 0 Å². The Morgan fingerprint density at radius 1 is 1.37 bits per heavy atom. The topological polar surface area (TPSA) is 21.3 Å². The Hall–Kier alpha value is -0.800. The van der Waals surface area contributed by atoms with Crippen molar-refractivity contribution in [2.45, 2.75) is 40.3 Å². The lowest BCUT2D eigenvalue weighted by Gasteiger charge is -2.18. The molecule has 1 N–H and O–H groups in total. The summed E-state index contributed by atoms with van der Waals surface area (Å²) in [6.45, 7) is 14.1. The molecular weight excluding hydrogens is 302 g/mol. The quantitative estimate of drug-likeness (QED) is 0.747. The predicted octanol–water partition coefficient (Wildman–Crippen LogP) is 4.46. The molecule has 1 aromatic rings. The third-order valence-corrected chi connectivity index (χ3v) is 3.28. The van der Waals surface area contributed by atoms with Crippen LogP contribution in [0.15, 0.2) is 29.3 Å². The summed E-state index contributed by atoms with van der Waals surface area (Å²) in [5.74, 6) is 1.61. The van der Waals surface area contributed by atoms with Crippen LogP contribution in [0.25, 0.3) is 0 Å². The first-order valence-corrected chi connectivity index (χ1v) is 7.52. The minimum atomic E-state index is 0.0173. The molecule has 19 heavy (non-hydrogen) atoms. The maximum Gasteiger partial charge on any atom is 0.127 e. The van der Waals surface area contributed by atoms with Crippen molar-refractivity contribution in [1.82, 2.24) is 5.32 Å². The van der Waals surface area contributed by atoms with Crippen LogP contribution in [0.5, 0.6) is 5.75 Å². The molecule has 106 valence electrons. The van der Waals surface area contributed by atoms with Crippen molar-refractivity contribution >= 4 is 15.9 Å². The lowest BCUT2D eigenvalue weighted by atomic mass is 10.1. The highest BCUT2D eigenvalue weighted by molar-refractivity contribution is 9.10. The third-order valence-electron chi connectivity index (χ3n) is 2.82. The second-order valence-corrected chi connectivity index (χ2v) is 6.21. The van der Waals surface area contributed by atoms with Gasteiger partial charge >= 0.3 is 0 Å². The standard InChI is InChI=1S/C16H24BrNO/c1-6-13(5)19-16-12(4)7-15(17)8-14(16)10-18-9-11(2)3/h6-8,11,13,18H,1,9-10H2,2-5H3. The first kappa shape index (κ1) is 16.3. The summed E-state index contributed by atoms with van der Waals surface area (Å²) in [5, 5.41) is 3.46. The fraction of sp³-hybridized carbons (Fsp3) is 0.500. The van der Waals surface area contributed by atoms with E-state index in [1.165, 1.54) is 5.56 Å². The number of ether oxygens (including phenoxy) is 1. The first-order valence-electron chi connectivity index (χ1n) is 6.73. The molecule has 1 unspecified atom stereocenters. The second kappa shape index (κ2) is 7.71. The van der Waals surface area contributed by atoms with Crippen LogP contribution in [0.1, 0.15) is 31.9 Å². The van der Waals surface area contributed by atoms with Gasteiger partial charge in [0.15, 0.2) is 0 Å². The summed E-state index contributed by atoms with van der Waals surface area (Å²) >= 11 is 3.55. The fourth-order valence-corrected chi connectivity index (χ4v) is 2.45. The highest BCUT2D eigenvalue weighted by atomic mass is 79.9. The molecule has 3 heteroatoms. The minimum Gasteiger partial charge on any atom is -0.486 e. The third kappa shape index (κ3) is 5.37. The molecule has 2 nitrogen and oxygen atoms in total. The highest BCUT2D eigenvalue weighted by Gasteiger charge is 2.11. The summed E-state index contributed by atoms with van der Waals surface area (Å²) in [5.41, 5.74) is 2.32. The molecule has 0 saturated carbocycles. The van der Waals surface area contributed by atoms with E-state index in [-0.39, 0.29) is 6.10 Å². The lowest BCUT2D eigenvalue weighted by molar-refractivity contribution is 0.265. The molecule has 0 aromatic heterocycles. The van der Waals surface area contributed by atoms with Crippen LogP contribution < -0.4 is 10.1 Å². The van der Waals surface area contributed by atoms with Gasteiger partial charge in [0.05, 0.1) is 0 Å². The molecule has 0 amide bonds. The van der Waals surface area contributed by atoms with Crippen molar-refractivity contribution in [2.24, 2.45) is 5.92 Å². The molecule has 0 aliphatic rings. The van der Waals surface area contributed by atoms with Crippen molar-refractivity contribution in [3.8, 4) is 5.75 Å². The van der Waals surface area contributed by atoms with Gasteiger partial charge in [-0.15, -0.1) is 0 Å². The fourth-order valence-electron chi connectivity index (χ4n) is 1.83. The maximum absolute atomic E-state index is 5.96. The molecule has 1 atom stereocenters. The van der Waals surface area contributed by atoms with Gasteiger partial charge < -0.3 is 10.1 Å². The van der Waals surface area contributed by atoms with Gasteiger partial charge in [0, 0.05) is 16.6 Å². The van der Waals surface area contributed by atoms with Crippen LogP contribution in [0, 0.1) is 12.8 Å². The van der Waals surface area contributed by atoms with E-state index in [2.05, 4.69) is 60.7 Å². The van der Waals surface area contributed by atoms with Gasteiger partial charge in [-0.05, 0) is 44.0 Å². The zero-order valence-electron chi connectivity index (χ0n) is 12.3. The maximum atomic E-state index is 5.96. The van der Waals surface area contributed by atoms with E-state index in [0.29, 0.717) is 5.92 Å². The number of aryl methyl sites for hydroxylation is 1. The lowest BCUT2D eigenvalue weighted by Crippen LogP contribution is -2.20. The summed E-state index contributed by atoms with van der Waals surface area (Å²) in [4.78, 5) is 0. The van der Waals surface area contributed by atoms with Crippen molar-refractivity contribution in [2.75, 3.05) is 6.54 Å². The van der Waals surface area contributed by atoms with Gasteiger partial charge in [0.1, 0.15) is 11.9 Å². The van der Waals surface area contributed by atoms with Gasteiger partial charge in [-0.25, -0.2) is 0 Å². The van der Waals surface area contributed by atoms with Gasteiger partial charge in [-0.2, -0.15) is 0 Å². The Balaban J connectivity index is 2.89. The number of nitrogens with one attached hydrogen (secondary N) is 1. The number of benzene rings is 1. The molecule has 0 aliphatic heterocycles. The molecule has 0 fully saturated rings. The van der Waals surface area contributed by atoms with E-state index in [0.717, 1.165) is 28.9 Å². The summed E-state index contributed by atoms with van der Waals surface area (Å²) in [6.07, 6.45) is 1.83. The Kier molecular flexibility index (Phi) is 6.59. The van der Waals surface area contributed by atoms with E-state index in [1.807, 2.05) is 13.0 Å². The average molecular weight is 326 g/mol. The largest absolute Gasteiger partial charge is 0.486 e. The molecular formula is C16H24BrNO. The second-order valence-electron chi connectivity index (χ2n) is 5.29. The zero-order valence-corrected chi connectivity index (χ0v) is 13.9. The smallest absolute Gasteiger partial charge is 0.127 e. The van der Waals surface area contributed by atoms with Crippen LogP contribution in [0.3, 0.4) is 0 Å². The molecule has 0 saturated heterocycles. The van der Waals surface area contributed by atoms with E-state index in [9.17, 15) is 0 Å². The SMILES string of the molecule is C=CC(C)Oc1c(C)cc(Br)cc1CNCC(C)C. The Morgan fingerprint density at radius 3 is 2.63 bits per heavy atom. The first-order chi connectivity index (χ1) is 8.93. The van der Waals surface area contributed by atoms with Crippen LogP contribution in [0.4, 0.5) is 0 Å². The molecule has 0 radical (unpaired) electrons. The monoisotopic (exact) mass is 325 g/mol. The normalized spacial score (nSPS) is 12.5. The molecule has 1 rings (SSSR count). The van der Waals surface area contributed by atoms with Crippen molar-refractivity contribution in [1.29, 1.82) is 0 Å². The Labute approximate surface area is 125 Å². The predicted molar refractivity (Wildman–Crippen MR) is 85.7 cm³/mol. The average Bonchev–Trinajstić information content (AvgIpc) is 2.32. The summed E-state index contributed by atoms with van der Waals surface area (Å²) < 4.78 is 7.05. The van der Waals surface area contributed by atoms with Crippen molar-refractivity contribution in [3.63, 3.8) is 0 Å². The van der Waals surface area contributed by atoms with Crippen LogP contribution >= 0.6 is 15.9 Å². The van der Waals surface area contributed by atoms with Crippen molar-refractivity contribution < 1.29 is 4.74 Å². The minimum absolute atomic E-state index is 0.0173. The van der Waals surface area contributed by atoms with E-state index in [1.54, 1.807) is 0 Å². The molecule has 0 aliphatic carbocycles. The van der Waals surface area contributed by atoms with Crippen molar-refractivity contribution in [3.05, 3.63) is 40.4 Å². The summed E-state index contributed by atoms with van der Waals surface area (Å²) in [6, 6.07) is 4.20. The molecule has 0 spiro atoms. The van der Waals surface area contributed by atoms with E-state index >= 15 is 0 Å². The van der Waals surface area contributed by atoms with Gasteiger partial charge in [0.25, 0.3) is 0 Å². The van der Waals surface area contributed by atoms with Crippen LogP contribution in [-0.4, -0.2) is 12.6 Å². The number of hydrogen-bond acceptors (Lipinski definition) is 2. The number of hydrogen-bond donors (Lipinski definition) is 1. The van der Waals surface area contributed by atoms with Gasteiger partial charge in [0.2, 0.25) is 0 Å². The Bertz CT molecular complexity index is 429. The summed E-state index contributed by atoms with van der Waals surface area (Å²) in [7, 11) is 0. The Morgan fingerprint density at radius 2 is 2.05 bits per heavy atom. The van der Waals surface area contributed by atoms with Gasteiger partial charge in [-0.3, -0.25) is 0 Å². The van der Waals surface area contributed by atoms with E-state index in [4.69, 9.17) is 4.74 Å². The molecule has 0 heterocycles. The number of rotatable bonds is 7. The molecule has 1 aromatic carbocycles. The number of halogens is 1. The van der Waals surface area contributed by atoms with Crippen LogP contribution in [-0.2, 0) is 6.54 Å². The highest BCUT2D eigenvalue weighted by Crippen LogP contribution is 2.29. The van der Waals surface area contributed by atoms with Crippen LogP contribution in [0.2, 0.25) is 0 Å².